The predicted octanol–water partition coefficient (Wildman–Crippen LogP) is 4.00. The van der Waals surface area contributed by atoms with E-state index in [4.69, 9.17) is 9.26 Å². The number of halogens is 2. The highest BCUT2D eigenvalue weighted by Gasteiger charge is 2.14. The lowest BCUT2D eigenvalue weighted by molar-refractivity contribution is 0.106. The first-order valence-corrected chi connectivity index (χ1v) is 9.39. The Labute approximate surface area is 183 Å². The van der Waals surface area contributed by atoms with E-state index >= 15 is 0 Å². The molecule has 0 bridgehead atoms. The Morgan fingerprint density at radius 2 is 1.89 bits per heavy atom. The van der Waals surface area contributed by atoms with E-state index in [-0.39, 0.29) is 35.9 Å². The Balaban J connectivity index is 0.00000392. The summed E-state index contributed by atoms with van der Waals surface area (Å²) >= 11 is 0. The first kappa shape index (κ1) is 24.4. The highest BCUT2D eigenvalue weighted by molar-refractivity contribution is 14.0. The molecule has 28 heavy (non-hydrogen) atoms. The Morgan fingerprint density at radius 1 is 1.18 bits per heavy atom. The third-order valence-corrected chi connectivity index (χ3v) is 4.33. The molecule has 8 heteroatoms. The number of hydrogen-bond donors (Lipinski definition) is 2. The molecule has 0 aliphatic heterocycles. The number of benzene rings is 1. The van der Waals surface area contributed by atoms with E-state index in [2.05, 4.69) is 27.7 Å². The van der Waals surface area contributed by atoms with Crippen molar-refractivity contribution in [1.82, 2.24) is 15.8 Å². The molecule has 2 rings (SSSR count). The number of aliphatic imine (C=N–C) groups is 1. The van der Waals surface area contributed by atoms with Crippen LogP contribution in [0.1, 0.15) is 49.5 Å². The van der Waals surface area contributed by atoms with Gasteiger partial charge in [0.15, 0.2) is 5.96 Å². The molecule has 0 aliphatic carbocycles. The van der Waals surface area contributed by atoms with Crippen LogP contribution in [0.5, 0.6) is 0 Å². The minimum Gasteiger partial charge on any atom is -0.375 e. The number of hydrogen-bond acceptors (Lipinski definition) is 4. The van der Waals surface area contributed by atoms with Crippen LogP contribution in [0.3, 0.4) is 0 Å². The van der Waals surface area contributed by atoms with Crippen molar-refractivity contribution in [3.8, 4) is 0 Å². The van der Waals surface area contributed by atoms with E-state index in [1.54, 1.807) is 19.2 Å². The highest BCUT2D eigenvalue weighted by Crippen LogP contribution is 2.18. The van der Waals surface area contributed by atoms with Crippen LogP contribution < -0.4 is 10.6 Å². The molecule has 0 radical (unpaired) electrons. The number of nitrogens with zero attached hydrogens (tertiary/aromatic N) is 2. The van der Waals surface area contributed by atoms with Crippen molar-refractivity contribution in [2.75, 3.05) is 20.2 Å². The van der Waals surface area contributed by atoms with E-state index in [0.29, 0.717) is 19.0 Å². The Hall–Kier alpha value is -1.68. The van der Waals surface area contributed by atoms with Gasteiger partial charge in [-0.05, 0) is 31.0 Å². The van der Waals surface area contributed by atoms with Crippen LogP contribution in [0, 0.1) is 5.82 Å². The van der Waals surface area contributed by atoms with E-state index in [9.17, 15) is 4.39 Å². The lowest BCUT2D eigenvalue weighted by atomic mass is 10.1. The quantitative estimate of drug-likeness (QED) is 0.307. The molecule has 0 aliphatic rings. The zero-order valence-electron chi connectivity index (χ0n) is 16.9. The third kappa shape index (κ3) is 6.73. The van der Waals surface area contributed by atoms with Crippen molar-refractivity contribution in [2.45, 2.75) is 46.3 Å². The fourth-order valence-corrected chi connectivity index (χ4v) is 2.82. The Bertz CT molecular complexity index is 713. The standard InChI is InChI=1S/C20H29FN4O2.HI/c1-5-17-16(18(6-2)27-25-17)12-23-20(22-7-3)24-13-19(26-4)14-8-10-15(21)11-9-14;/h8-11,19H,5-7,12-13H2,1-4H3,(H2,22,23,24);1H. The van der Waals surface area contributed by atoms with Gasteiger partial charge < -0.3 is 19.9 Å². The minimum absolute atomic E-state index is 0. The number of guanidine groups is 1. The predicted molar refractivity (Wildman–Crippen MR) is 120 cm³/mol. The summed E-state index contributed by atoms with van der Waals surface area (Å²) in [6.07, 6.45) is 1.40. The second-order valence-corrected chi connectivity index (χ2v) is 6.09. The summed E-state index contributed by atoms with van der Waals surface area (Å²) in [4.78, 5) is 4.67. The van der Waals surface area contributed by atoms with Crippen LogP contribution in [-0.4, -0.2) is 31.3 Å². The lowest BCUT2D eigenvalue weighted by Crippen LogP contribution is -2.39. The molecule has 1 aromatic heterocycles. The average Bonchev–Trinajstić information content (AvgIpc) is 3.09. The zero-order valence-corrected chi connectivity index (χ0v) is 19.2. The largest absolute Gasteiger partial charge is 0.375 e. The highest BCUT2D eigenvalue weighted by atomic mass is 127. The average molecular weight is 504 g/mol. The zero-order chi connectivity index (χ0) is 19.6. The fraction of sp³-hybridized carbons (Fsp3) is 0.500. The molecule has 1 atom stereocenters. The van der Waals surface area contributed by atoms with E-state index in [0.717, 1.165) is 42.0 Å². The fourth-order valence-electron chi connectivity index (χ4n) is 2.82. The summed E-state index contributed by atoms with van der Waals surface area (Å²) in [5.41, 5.74) is 2.91. The molecule has 1 aromatic carbocycles. The number of rotatable bonds is 9. The van der Waals surface area contributed by atoms with Crippen molar-refractivity contribution in [3.63, 3.8) is 0 Å². The van der Waals surface area contributed by atoms with Crippen LogP contribution in [0.25, 0.3) is 0 Å². The molecular formula is C20H30FIN4O2. The van der Waals surface area contributed by atoms with Crippen LogP contribution in [0.4, 0.5) is 4.39 Å². The van der Waals surface area contributed by atoms with Gasteiger partial charge in [-0.1, -0.05) is 31.1 Å². The van der Waals surface area contributed by atoms with Gasteiger partial charge in [0.2, 0.25) is 0 Å². The van der Waals surface area contributed by atoms with Crippen LogP contribution in [0.15, 0.2) is 33.8 Å². The van der Waals surface area contributed by atoms with Gasteiger partial charge >= 0.3 is 0 Å². The van der Waals surface area contributed by atoms with Crippen molar-refractivity contribution in [1.29, 1.82) is 0 Å². The van der Waals surface area contributed by atoms with Crippen molar-refractivity contribution in [2.24, 2.45) is 4.99 Å². The molecule has 156 valence electrons. The van der Waals surface area contributed by atoms with Crippen LogP contribution >= 0.6 is 24.0 Å². The summed E-state index contributed by atoms with van der Waals surface area (Å²) in [7, 11) is 1.64. The second-order valence-electron chi connectivity index (χ2n) is 6.09. The maximum atomic E-state index is 13.1. The molecular weight excluding hydrogens is 474 g/mol. The van der Waals surface area contributed by atoms with Crippen molar-refractivity contribution < 1.29 is 13.7 Å². The normalized spacial score (nSPS) is 12.4. The number of methoxy groups -OCH3 is 1. The van der Waals surface area contributed by atoms with Crippen LogP contribution in [-0.2, 0) is 24.1 Å². The molecule has 0 saturated heterocycles. The second kappa shape index (κ2) is 12.7. The smallest absolute Gasteiger partial charge is 0.191 e. The van der Waals surface area contributed by atoms with Gasteiger partial charge in [0.1, 0.15) is 11.6 Å². The van der Waals surface area contributed by atoms with Gasteiger partial charge in [-0.3, -0.25) is 0 Å². The maximum Gasteiger partial charge on any atom is 0.191 e. The number of aryl methyl sites for hydroxylation is 2. The first-order valence-electron chi connectivity index (χ1n) is 9.39. The molecule has 2 N–H and O–H groups in total. The molecule has 1 heterocycles. The molecule has 0 saturated carbocycles. The van der Waals surface area contributed by atoms with E-state index in [1.807, 2.05) is 13.8 Å². The third-order valence-electron chi connectivity index (χ3n) is 4.33. The van der Waals surface area contributed by atoms with Crippen LogP contribution in [0.2, 0.25) is 0 Å². The molecule has 6 nitrogen and oxygen atoms in total. The summed E-state index contributed by atoms with van der Waals surface area (Å²) in [5.74, 6) is 1.31. The van der Waals surface area contributed by atoms with E-state index in [1.165, 1.54) is 12.1 Å². The van der Waals surface area contributed by atoms with Gasteiger partial charge in [0, 0.05) is 32.2 Å². The van der Waals surface area contributed by atoms with Crippen molar-refractivity contribution in [3.05, 3.63) is 52.7 Å². The van der Waals surface area contributed by atoms with Gasteiger partial charge in [0.05, 0.1) is 18.3 Å². The number of ether oxygens (including phenoxy) is 1. The van der Waals surface area contributed by atoms with Gasteiger partial charge in [-0.25, -0.2) is 9.38 Å². The Kier molecular flexibility index (Phi) is 11.1. The number of aromatic nitrogens is 1. The van der Waals surface area contributed by atoms with Crippen molar-refractivity contribution >= 4 is 29.9 Å². The molecule has 0 amide bonds. The number of nitrogens with one attached hydrogen (secondary N) is 2. The van der Waals surface area contributed by atoms with Gasteiger partial charge in [-0.15, -0.1) is 24.0 Å². The topological polar surface area (TPSA) is 71.7 Å². The monoisotopic (exact) mass is 504 g/mol. The van der Waals surface area contributed by atoms with E-state index < -0.39 is 0 Å². The summed E-state index contributed by atoms with van der Waals surface area (Å²) in [6, 6.07) is 6.33. The molecule has 1 unspecified atom stereocenters. The van der Waals surface area contributed by atoms with Gasteiger partial charge in [0.25, 0.3) is 0 Å². The summed E-state index contributed by atoms with van der Waals surface area (Å²) in [5, 5.41) is 10.7. The maximum absolute atomic E-state index is 13.1. The molecule has 2 aromatic rings. The first-order chi connectivity index (χ1) is 13.1. The summed E-state index contributed by atoms with van der Waals surface area (Å²) in [6.45, 7) is 7.87. The minimum atomic E-state index is -0.261. The molecule has 0 spiro atoms. The SMILES string of the molecule is CCNC(=NCc1c(CC)noc1CC)NCC(OC)c1ccc(F)cc1.I. The van der Waals surface area contributed by atoms with Gasteiger partial charge in [-0.2, -0.15) is 0 Å². The lowest BCUT2D eigenvalue weighted by Gasteiger charge is -2.18. The summed E-state index contributed by atoms with van der Waals surface area (Å²) < 4.78 is 24.1. The molecule has 0 fully saturated rings. The Morgan fingerprint density at radius 3 is 2.46 bits per heavy atom.